The number of hydrogen-bond acceptors (Lipinski definition) is 5. The highest BCUT2D eigenvalue weighted by Gasteiger charge is 2.34. The van der Waals surface area contributed by atoms with Gasteiger partial charge < -0.3 is 9.47 Å². The molecule has 0 saturated heterocycles. The number of rotatable bonds is 3. The van der Waals surface area contributed by atoms with Crippen molar-refractivity contribution in [3.8, 4) is 11.6 Å². The maximum Gasteiger partial charge on any atom is 0.574 e. The van der Waals surface area contributed by atoms with Crippen LogP contribution in [0, 0.1) is 6.92 Å². The minimum absolute atomic E-state index is 0.0383. The molecule has 102 valence electrons. The number of halogens is 4. The van der Waals surface area contributed by atoms with Gasteiger partial charge in [0.25, 0.3) is 14.9 Å². The SMILES string of the molecule is COc1cc(C)c(S(=O)(=O)Cl)nc1OC(F)(F)F. The van der Waals surface area contributed by atoms with E-state index in [1.54, 1.807) is 0 Å². The molecule has 0 aliphatic heterocycles. The van der Waals surface area contributed by atoms with E-state index in [9.17, 15) is 21.6 Å². The molecular formula is C8H7ClF3NO4S. The first-order chi connectivity index (χ1) is 8.04. The Morgan fingerprint density at radius 3 is 2.33 bits per heavy atom. The Labute approximate surface area is 105 Å². The topological polar surface area (TPSA) is 65.5 Å². The summed E-state index contributed by atoms with van der Waals surface area (Å²) in [6, 6.07) is 1.03. The Morgan fingerprint density at radius 2 is 1.94 bits per heavy atom. The second-order valence-corrected chi connectivity index (χ2v) is 5.58. The summed E-state index contributed by atoms with van der Waals surface area (Å²) in [7, 11) is 1.85. The molecule has 0 amide bonds. The van der Waals surface area contributed by atoms with Crippen LogP contribution >= 0.6 is 10.7 Å². The summed E-state index contributed by atoms with van der Waals surface area (Å²) in [5.74, 6) is -1.37. The molecule has 0 N–H and O–H groups in total. The van der Waals surface area contributed by atoms with Crippen LogP contribution in [0.2, 0.25) is 0 Å². The third kappa shape index (κ3) is 3.64. The minimum Gasteiger partial charge on any atom is -0.491 e. The molecule has 0 fully saturated rings. The van der Waals surface area contributed by atoms with E-state index in [4.69, 9.17) is 10.7 Å². The summed E-state index contributed by atoms with van der Waals surface area (Å²) in [6.07, 6.45) is -5.02. The van der Waals surface area contributed by atoms with Gasteiger partial charge in [-0.2, -0.15) is 4.98 Å². The second-order valence-electron chi connectivity index (χ2n) is 3.10. The number of aromatic nitrogens is 1. The fraction of sp³-hybridized carbons (Fsp3) is 0.375. The number of hydrogen-bond donors (Lipinski definition) is 0. The summed E-state index contributed by atoms with van der Waals surface area (Å²) in [5, 5.41) is -0.718. The Morgan fingerprint density at radius 1 is 1.39 bits per heavy atom. The fourth-order valence-electron chi connectivity index (χ4n) is 1.13. The predicted octanol–water partition coefficient (Wildman–Crippen LogP) is 2.22. The smallest absolute Gasteiger partial charge is 0.491 e. The zero-order valence-electron chi connectivity index (χ0n) is 9.08. The second kappa shape index (κ2) is 4.81. The van der Waals surface area contributed by atoms with Gasteiger partial charge in [0.2, 0.25) is 0 Å². The first kappa shape index (κ1) is 14.8. The number of pyridine rings is 1. The van der Waals surface area contributed by atoms with Crippen molar-refractivity contribution in [3.05, 3.63) is 11.6 Å². The van der Waals surface area contributed by atoms with E-state index in [0.29, 0.717) is 0 Å². The Hall–Kier alpha value is -1.22. The van der Waals surface area contributed by atoms with Gasteiger partial charge in [-0.25, -0.2) is 8.42 Å². The molecular weight excluding hydrogens is 299 g/mol. The molecule has 0 unspecified atom stereocenters. The van der Waals surface area contributed by atoms with Crippen molar-refractivity contribution in [1.82, 2.24) is 4.98 Å². The van der Waals surface area contributed by atoms with Gasteiger partial charge in [0.1, 0.15) is 0 Å². The highest BCUT2D eigenvalue weighted by molar-refractivity contribution is 8.13. The lowest BCUT2D eigenvalue weighted by molar-refractivity contribution is -0.276. The molecule has 1 heterocycles. The lowest BCUT2D eigenvalue weighted by Gasteiger charge is -2.13. The molecule has 5 nitrogen and oxygen atoms in total. The Bertz CT molecular complexity index is 558. The highest BCUT2D eigenvalue weighted by Crippen LogP contribution is 2.33. The molecule has 0 aliphatic rings. The lowest BCUT2D eigenvalue weighted by atomic mass is 10.3. The van der Waals surface area contributed by atoms with E-state index >= 15 is 0 Å². The standard InChI is InChI=1S/C8H7ClF3NO4S/c1-4-3-5(16-2)6(17-8(10,11)12)13-7(4)18(9,14)15/h3H,1-2H3. The van der Waals surface area contributed by atoms with Crippen molar-refractivity contribution in [3.63, 3.8) is 0 Å². The molecule has 0 atom stereocenters. The Balaban J connectivity index is 3.41. The van der Waals surface area contributed by atoms with E-state index < -0.39 is 26.3 Å². The third-order valence-electron chi connectivity index (χ3n) is 1.76. The van der Waals surface area contributed by atoms with E-state index in [2.05, 4.69) is 14.5 Å². The fourth-order valence-corrected chi connectivity index (χ4v) is 2.24. The van der Waals surface area contributed by atoms with E-state index in [1.165, 1.54) is 6.92 Å². The van der Waals surface area contributed by atoms with E-state index in [0.717, 1.165) is 13.2 Å². The number of ether oxygens (including phenoxy) is 2. The first-order valence-corrected chi connectivity index (χ1v) is 6.61. The van der Waals surface area contributed by atoms with Gasteiger partial charge >= 0.3 is 6.36 Å². The number of nitrogens with zero attached hydrogens (tertiary/aromatic N) is 1. The van der Waals surface area contributed by atoms with Crippen LogP contribution in [-0.2, 0) is 9.05 Å². The van der Waals surface area contributed by atoms with Crippen molar-refractivity contribution in [2.24, 2.45) is 0 Å². The summed E-state index contributed by atoms with van der Waals surface area (Å²) in [6.45, 7) is 1.31. The summed E-state index contributed by atoms with van der Waals surface area (Å²) in [5.41, 5.74) is 0.0383. The van der Waals surface area contributed by atoms with Crippen LogP contribution in [0.5, 0.6) is 11.6 Å². The normalized spacial score (nSPS) is 12.3. The van der Waals surface area contributed by atoms with Crippen molar-refractivity contribution in [2.75, 3.05) is 7.11 Å². The third-order valence-corrected chi connectivity index (χ3v) is 3.08. The van der Waals surface area contributed by atoms with Gasteiger partial charge in [-0.1, -0.05) is 0 Å². The molecule has 0 spiro atoms. The molecule has 0 saturated carbocycles. The van der Waals surface area contributed by atoms with Crippen molar-refractivity contribution in [1.29, 1.82) is 0 Å². The van der Waals surface area contributed by atoms with Crippen LogP contribution in [0.15, 0.2) is 11.1 Å². The maximum absolute atomic E-state index is 12.1. The Kier molecular flexibility index (Phi) is 3.96. The zero-order valence-corrected chi connectivity index (χ0v) is 10.7. The van der Waals surface area contributed by atoms with Gasteiger partial charge in [-0.15, -0.1) is 13.2 Å². The summed E-state index contributed by atoms with van der Waals surface area (Å²) < 4.78 is 66.6. The number of alkyl halides is 3. The molecule has 10 heteroatoms. The molecule has 0 radical (unpaired) electrons. The molecule has 18 heavy (non-hydrogen) atoms. The van der Waals surface area contributed by atoms with Crippen LogP contribution < -0.4 is 9.47 Å². The average Bonchev–Trinajstić information content (AvgIpc) is 2.16. The largest absolute Gasteiger partial charge is 0.574 e. The first-order valence-electron chi connectivity index (χ1n) is 4.30. The highest BCUT2D eigenvalue weighted by atomic mass is 35.7. The van der Waals surface area contributed by atoms with Crippen LogP contribution in [0.1, 0.15) is 5.56 Å². The molecule has 0 bridgehead atoms. The van der Waals surface area contributed by atoms with Gasteiger partial charge in [0.05, 0.1) is 7.11 Å². The maximum atomic E-state index is 12.1. The lowest BCUT2D eigenvalue weighted by Crippen LogP contribution is -2.19. The van der Waals surface area contributed by atoms with Crippen molar-refractivity contribution in [2.45, 2.75) is 18.3 Å². The molecule has 1 aromatic heterocycles. The summed E-state index contributed by atoms with van der Waals surface area (Å²) in [4.78, 5) is 3.21. The van der Waals surface area contributed by atoms with Gasteiger partial charge in [-0.3, -0.25) is 0 Å². The molecule has 0 aliphatic carbocycles. The van der Waals surface area contributed by atoms with Gasteiger partial charge in [-0.05, 0) is 18.6 Å². The van der Waals surface area contributed by atoms with Crippen LogP contribution in [0.4, 0.5) is 13.2 Å². The molecule has 1 rings (SSSR count). The predicted molar refractivity (Wildman–Crippen MR) is 55.2 cm³/mol. The number of aryl methyl sites for hydroxylation is 1. The van der Waals surface area contributed by atoms with Crippen molar-refractivity contribution < 1.29 is 31.1 Å². The minimum atomic E-state index is -5.02. The number of methoxy groups -OCH3 is 1. The van der Waals surface area contributed by atoms with E-state index in [-0.39, 0.29) is 11.3 Å². The summed E-state index contributed by atoms with van der Waals surface area (Å²) >= 11 is 0. The van der Waals surface area contributed by atoms with Crippen LogP contribution in [-0.4, -0.2) is 26.9 Å². The molecule has 1 aromatic rings. The monoisotopic (exact) mass is 305 g/mol. The zero-order chi connectivity index (χ0) is 14.1. The van der Waals surface area contributed by atoms with Gasteiger partial charge in [0, 0.05) is 10.7 Å². The van der Waals surface area contributed by atoms with E-state index in [1.807, 2.05) is 0 Å². The van der Waals surface area contributed by atoms with Crippen molar-refractivity contribution >= 4 is 19.7 Å². The van der Waals surface area contributed by atoms with Crippen LogP contribution in [0.25, 0.3) is 0 Å². The average molecular weight is 306 g/mol. The van der Waals surface area contributed by atoms with Gasteiger partial charge in [0.15, 0.2) is 10.8 Å². The quantitative estimate of drug-likeness (QED) is 0.801. The molecule has 0 aromatic carbocycles. The van der Waals surface area contributed by atoms with Crippen LogP contribution in [0.3, 0.4) is 0 Å².